The summed E-state index contributed by atoms with van der Waals surface area (Å²) in [7, 11) is 2.97. The standard InChI is InChI=1S/C18H27NO5/c1-12(2)9-10-24-14-8-7-13(11-15(14)23-6)16(20)19(5)18(3,4)17(21)22/h7-8,11-12H,9-10H2,1-6H3,(H,21,22). The number of carboxylic acids is 1. The van der Waals surface area contributed by atoms with Crippen molar-refractivity contribution in [3.8, 4) is 11.5 Å². The molecule has 0 saturated carbocycles. The van der Waals surface area contributed by atoms with Gasteiger partial charge in [-0.2, -0.15) is 0 Å². The Kier molecular flexibility index (Phi) is 6.63. The molecule has 0 saturated heterocycles. The molecule has 1 amide bonds. The molecular weight excluding hydrogens is 310 g/mol. The molecule has 0 heterocycles. The molecule has 1 N–H and O–H groups in total. The average molecular weight is 337 g/mol. The van der Waals surface area contributed by atoms with E-state index in [2.05, 4.69) is 13.8 Å². The topological polar surface area (TPSA) is 76.1 Å². The fourth-order valence-electron chi connectivity index (χ4n) is 1.92. The van der Waals surface area contributed by atoms with Crippen molar-refractivity contribution in [2.45, 2.75) is 39.7 Å². The molecule has 0 fully saturated rings. The Labute approximate surface area is 143 Å². The van der Waals surface area contributed by atoms with Gasteiger partial charge in [0, 0.05) is 12.6 Å². The van der Waals surface area contributed by atoms with E-state index in [1.807, 2.05) is 0 Å². The first-order valence-electron chi connectivity index (χ1n) is 7.93. The summed E-state index contributed by atoms with van der Waals surface area (Å²) in [6.07, 6.45) is 0.916. The molecule has 1 aromatic rings. The number of carbonyl (C=O) groups excluding carboxylic acids is 1. The zero-order valence-electron chi connectivity index (χ0n) is 15.3. The number of likely N-dealkylation sites (N-methyl/N-ethyl adjacent to an activating group) is 1. The van der Waals surface area contributed by atoms with Gasteiger partial charge in [-0.05, 0) is 44.4 Å². The largest absolute Gasteiger partial charge is 0.493 e. The Hall–Kier alpha value is -2.24. The second-order valence-electron chi connectivity index (χ2n) is 6.62. The van der Waals surface area contributed by atoms with Crippen molar-refractivity contribution in [3.05, 3.63) is 23.8 Å². The Morgan fingerprint density at radius 1 is 1.25 bits per heavy atom. The van der Waals surface area contributed by atoms with Gasteiger partial charge in [0.25, 0.3) is 5.91 Å². The first-order chi connectivity index (χ1) is 11.1. The number of hydrogen-bond acceptors (Lipinski definition) is 4. The van der Waals surface area contributed by atoms with Gasteiger partial charge in [0.05, 0.1) is 13.7 Å². The van der Waals surface area contributed by atoms with E-state index in [0.29, 0.717) is 29.6 Å². The summed E-state index contributed by atoms with van der Waals surface area (Å²) in [6, 6.07) is 4.86. The van der Waals surface area contributed by atoms with Gasteiger partial charge in [-0.3, -0.25) is 4.79 Å². The van der Waals surface area contributed by atoms with Crippen LogP contribution in [0.3, 0.4) is 0 Å². The van der Waals surface area contributed by atoms with E-state index in [0.717, 1.165) is 6.42 Å². The lowest BCUT2D eigenvalue weighted by Crippen LogP contribution is -2.50. The van der Waals surface area contributed by atoms with Crippen LogP contribution in [0.15, 0.2) is 18.2 Å². The minimum Gasteiger partial charge on any atom is -0.493 e. The summed E-state index contributed by atoms with van der Waals surface area (Å²) in [5, 5.41) is 9.26. The number of carbonyl (C=O) groups is 2. The maximum absolute atomic E-state index is 12.5. The number of methoxy groups -OCH3 is 1. The summed E-state index contributed by atoms with van der Waals surface area (Å²) in [4.78, 5) is 25.1. The normalized spacial score (nSPS) is 11.3. The summed E-state index contributed by atoms with van der Waals surface area (Å²) < 4.78 is 11.0. The lowest BCUT2D eigenvalue weighted by atomic mass is 10.0. The summed E-state index contributed by atoms with van der Waals surface area (Å²) >= 11 is 0. The lowest BCUT2D eigenvalue weighted by molar-refractivity contribution is -0.147. The molecule has 134 valence electrons. The molecule has 0 aliphatic heterocycles. The molecule has 0 aliphatic rings. The molecule has 24 heavy (non-hydrogen) atoms. The molecule has 1 rings (SSSR count). The number of aliphatic carboxylic acids is 1. The van der Waals surface area contributed by atoms with Crippen LogP contribution in [0.4, 0.5) is 0 Å². The first-order valence-corrected chi connectivity index (χ1v) is 7.93. The highest BCUT2D eigenvalue weighted by Crippen LogP contribution is 2.29. The van der Waals surface area contributed by atoms with E-state index in [9.17, 15) is 14.7 Å². The van der Waals surface area contributed by atoms with E-state index in [1.165, 1.54) is 32.9 Å². The molecule has 0 radical (unpaired) electrons. The van der Waals surface area contributed by atoms with Gasteiger partial charge in [-0.15, -0.1) is 0 Å². The number of nitrogens with zero attached hydrogens (tertiary/aromatic N) is 1. The molecule has 0 atom stereocenters. The van der Waals surface area contributed by atoms with Crippen LogP contribution in [0.5, 0.6) is 11.5 Å². The zero-order chi connectivity index (χ0) is 18.5. The maximum Gasteiger partial charge on any atom is 0.329 e. The number of hydrogen-bond donors (Lipinski definition) is 1. The summed E-state index contributed by atoms with van der Waals surface area (Å²) in [6.45, 7) is 7.75. The lowest BCUT2D eigenvalue weighted by Gasteiger charge is -2.31. The maximum atomic E-state index is 12.5. The van der Waals surface area contributed by atoms with Gasteiger partial charge in [0.2, 0.25) is 0 Å². The predicted octanol–water partition coefficient (Wildman–Crippen LogP) is 3.06. The molecular formula is C18H27NO5. The quantitative estimate of drug-likeness (QED) is 0.789. The van der Waals surface area contributed by atoms with E-state index in [1.54, 1.807) is 18.2 Å². The summed E-state index contributed by atoms with van der Waals surface area (Å²) in [5.41, 5.74) is -0.962. The highest BCUT2D eigenvalue weighted by atomic mass is 16.5. The van der Waals surface area contributed by atoms with Gasteiger partial charge >= 0.3 is 5.97 Å². The van der Waals surface area contributed by atoms with Crippen molar-refractivity contribution in [1.29, 1.82) is 0 Å². The first kappa shape index (κ1) is 19.8. The van der Waals surface area contributed by atoms with Crippen molar-refractivity contribution in [2.75, 3.05) is 20.8 Å². The number of carboxylic acid groups (broad SMARTS) is 1. The van der Waals surface area contributed by atoms with Crippen LogP contribution in [-0.4, -0.2) is 48.2 Å². The Balaban J connectivity index is 2.97. The SMILES string of the molecule is COc1cc(C(=O)N(C)C(C)(C)C(=O)O)ccc1OCCC(C)C. The van der Waals surface area contributed by atoms with Crippen LogP contribution in [0.2, 0.25) is 0 Å². The van der Waals surface area contributed by atoms with Crippen LogP contribution >= 0.6 is 0 Å². The molecule has 6 heteroatoms. The smallest absolute Gasteiger partial charge is 0.329 e. The molecule has 6 nitrogen and oxygen atoms in total. The molecule has 0 unspecified atom stereocenters. The molecule has 0 spiro atoms. The van der Waals surface area contributed by atoms with E-state index in [-0.39, 0.29) is 0 Å². The van der Waals surface area contributed by atoms with Crippen LogP contribution in [0, 0.1) is 5.92 Å². The van der Waals surface area contributed by atoms with Gasteiger partial charge in [-0.25, -0.2) is 4.79 Å². The molecule has 0 aromatic heterocycles. The molecule has 1 aromatic carbocycles. The fourth-order valence-corrected chi connectivity index (χ4v) is 1.92. The van der Waals surface area contributed by atoms with Crippen LogP contribution < -0.4 is 9.47 Å². The molecule has 0 aliphatic carbocycles. The second kappa shape index (κ2) is 8.04. The predicted molar refractivity (Wildman–Crippen MR) is 91.8 cm³/mol. The van der Waals surface area contributed by atoms with E-state index in [4.69, 9.17) is 9.47 Å². The zero-order valence-corrected chi connectivity index (χ0v) is 15.3. The Bertz CT molecular complexity index is 595. The summed E-state index contributed by atoms with van der Waals surface area (Å²) in [5.74, 6) is 0.0816. The number of benzene rings is 1. The van der Waals surface area contributed by atoms with Gasteiger partial charge in [0.15, 0.2) is 11.5 Å². The third kappa shape index (κ3) is 4.63. The highest BCUT2D eigenvalue weighted by Gasteiger charge is 2.35. The Morgan fingerprint density at radius 3 is 2.38 bits per heavy atom. The van der Waals surface area contributed by atoms with Gasteiger partial charge < -0.3 is 19.5 Å². The van der Waals surface area contributed by atoms with Crippen LogP contribution in [0.25, 0.3) is 0 Å². The van der Waals surface area contributed by atoms with Crippen LogP contribution in [-0.2, 0) is 4.79 Å². The van der Waals surface area contributed by atoms with Crippen molar-refractivity contribution in [3.63, 3.8) is 0 Å². The van der Waals surface area contributed by atoms with Crippen molar-refractivity contribution >= 4 is 11.9 Å². The third-order valence-electron chi connectivity index (χ3n) is 4.03. The van der Waals surface area contributed by atoms with Gasteiger partial charge in [0.1, 0.15) is 5.54 Å². The number of ether oxygens (including phenoxy) is 2. The van der Waals surface area contributed by atoms with Crippen LogP contribution in [0.1, 0.15) is 44.5 Å². The van der Waals surface area contributed by atoms with Gasteiger partial charge in [-0.1, -0.05) is 13.8 Å². The fraction of sp³-hybridized carbons (Fsp3) is 0.556. The third-order valence-corrected chi connectivity index (χ3v) is 4.03. The Morgan fingerprint density at radius 2 is 1.88 bits per heavy atom. The monoisotopic (exact) mass is 337 g/mol. The van der Waals surface area contributed by atoms with E-state index < -0.39 is 17.4 Å². The second-order valence-corrected chi connectivity index (χ2v) is 6.62. The van der Waals surface area contributed by atoms with E-state index >= 15 is 0 Å². The van der Waals surface area contributed by atoms with Crippen molar-refractivity contribution < 1.29 is 24.2 Å². The van der Waals surface area contributed by atoms with Crippen molar-refractivity contribution in [1.82, 2.24) is 4.90 Å². The minimum absolute atomic E-state index is 0.347. The highest BCUT2D eigenvalue weighted by molar-refractivity contribution is 5.98. The average Bonchev–Trinajstić information content (AvgIpc) is 2.53. The molecule has 0 bridgehead atoms. The number of amides is 1. The minimum atomic E-state index is -1.31. The van der Waals surface area contributed by atoms with Crippen molar-refractivity contribution in [2.24, 2.45) is 5.92 Å². The number of rotatable bonds is 8.